The zero-order chi connectivity index (χ0) is 23.3. The Labute approximate surface area is 205 Å². The molecule has 1 aromatic heterocycles. The van der Waals surface area contributed by atoms with E-state index in [2.05, 4.69) is 34.6 Å². The third kappa shape index (κ3) is 2.09. The highest BCUT2D eigenvalue weighted by molar-refractivity contribution is 5.93. The highest BCUT2D eigenvalue weighted by Crippen LogP contribution is 2.69. The lowest BCUT2D eigenvalue weighted by Gasteiger charge is -2.63. The predicted molar refractivity (Wildman–Crippen MR) is 133 cm³/mol. The number of aryl methyl sites for hydroxylation is 3. The number of hydrogen-bond acceptors (Lipinski definition) is 4. The van der Waals surface area contributed by atoms with Gasteiger partial charge < -0.3 is 19.5 Å². The fourth-order valence-corrected chi connectivity index (χ4v) is 9.10. The lowest BCUT2D eigenvalue weighted by atomic mass is 9.49. The molecule has 0 unspecified atom stereocenters. The van der Waals surface area contributed by atoms with Crippen molar-refractivity contribution in [1.82, 2.24) is 9.47 Å². The Morgan fingerprint density at radius 1 is 1.11 bits per heavy atom. The quantitative estimate of drug-likeness (QED) is 0.589. The maximum Gasteiger partial charge on any atom is 0.166 e. The molecule has 2 fully saturated rings. The number of phenols is 1. The molecule has 4 heterocycles. The van der Waals surface area contributed by atoms with E-state index in [9.17, 15) is 10.2 Å². The van der Waals surface area contributed by atoms with Gasteiger partial charge in [0.1, 0.15) is 0 Å². The number of likely N-dealkylation sites (tertiary alicyclic amines) is 1. The van der Waals surface area contributed by atoms with E-state index >= 15 is 0 Å². The molecule has 0 radical (unpaired) electrons. The van der Waals surface area contributed by atoms with Gasteiger partial charge in [-0.25, -0.2) is 0 Å². The van der Waals surface area contributed by atoms with E-state index in [1.54, 1.807) is 0 Å². The largest absolute Gasteiger partial charge is 0.504 e. The van der Waals surface area contributed by atoms with Gasteiger partial charge >= 0.3 is 0 Å². The number of aromatic hydroxyl groups is 1. The highest BCUT2D eigenvalue weighted by atomic mass is 16.5. The summed E-state index contributed by atoms with van der Waals surface area (Å²) < 4.78 is 9.40. The second kappa shape index (κ2) is 6.07. The van der Waals surface area contributed by atoms with Crippen LogP contribution in [0.1, 0.15) is 65.3 Å². The minimum absolute atomic E-state index is 0.0890. The zero-order valence-electron chi connectivity index (χ0n) is 20.3. The molecule has 9 rings (SSSR count). The number of piperidine rings is 1. The summed E-state index contributed by atoms with van der Waals surface area (Å²) in [5, 5.41) is 25.4. The van der Waals surface area contributed by atoms with Crippen molar-refractivity contribution in [2.75, 3.05) is 13.1 Å². The zero-order valence-corrected chi connectivity index (χ0v) is 20.3. The van der Waals surface area contributed by atoms with Crippen LogP contribution in [0.5, 0.6) is 11.5 Å². The molecule has 6 aliphatic rings. The van der Waals surface area contributed by atoms with Crippen LogP contribution in [0.15, 0.2) is 24.3 Å². The number of ether oxygens (including phenoxy) is 1. The summed E-state index contributed by atoms with van der Waals surface area (Å²) >= 11 is 0. The number of aromatic nitrogens is 1. The minimum atomic E-state index is -0.903. The molecule has 3 aromatic rings. The van der Waals surface area contributed by atoms with Gasteiger partial charge in [0.15, 0.2) is 17.6 Å². The molecule has 4 atom stereocenters. The summed E-state index contributed by atoms with van der Waals surface area (Å²) in [6.07, 6.45) is 7.05. The molecule has 3 aliphatic heterocycles. The van der Waals surface area contributed by atoms with E-state index in [1.807, 2.05) is 6.07 Å². The third-order valence-electron chi connectivity index (χ3n) is 10.7. The fraction of sp³-hybridized carbons (Fsp3) is 0.533. The van der Waals surface area contributed by atoms with Crippen molar-refractivity contribution in [2.45, 2.75) is 81.6 Å². The summed E-state index contributed by atoms with van der Waals surface area (Å²) in [5.74, 6) is 1.65. The van der Waals surface area contributed by atoms with Crippen LogP contribution in [0.3, 0.4) is 0 Å². The van der Waals surface area contributed by atoms with Crippen molar-refractivity contribution in [3.63, 3.8) is 0 Å². The van der Waals surface area contributed by atoms with E-state index in [1.165, 1.54) is 51.7 Å². The van der Waals surface area contributed by atoms with Crippen LogP contribution in [-0.4, -0.2) is 44.4 Å². The number of aliphatic hydroxyl groups is 1. The van der Waals surface area contributed by atoms with Gasteiger partial charge in [-0.05, 0) is 86.2 Å². The number of phenolic OH excluding ortho intramolecular Hbond substituents is 1. The summed E-state index contributed by atoms with van der Waals surface area (Å²) in [6, 6.07) is 8.59. The summed E-state index contributed by atoms with van der Waals surface area (Å²) in [5.41, 5.74) is 7.66. The van der Waals surface area contributed by atoms with Gasteiger partial charge in [0.2, 0.25) is 0 Å². The molecule has 1 saturated heterocycles. The first kappa shape index (κ1) is 19.7. The molecule has 1 spiro atoms. The van der Waals surface area contributed by atoms with Crippen LogP contribution < -0.4 is 4.74 Å². The minimum Gasteiger partial charge on any atom is -0.504 e. The monoisotopic (exact) mass is 468 g/mol. The molecule has 1 saturated carbocycles. The van der Waals surface area contributed by atoms with E-state index in [0.29, 0.717) is 12.2 Å². The second-order valence-corrected chi connectivity index (χ2v) is 12.3. The number of hydrogen-bond donors (Lipinski definition) is 2. The Kier molecular flexibility index (Phi) is 3.41. The predicted octanol–water partition coefficient (Wildman–Crippen LogP) is 4.30. The van der Waals surface area contributed by atoms with Gasteiger partial charge in [-0.15, -0.1) is 0 Å². The molecular weight excluding hydrogens is 436 g/mol. The lowest BCUT2D eigenvalue weighted by Crippen LogP contribution is -2.74. The highest BCUT2D eigenvalue weighted by Gasteiger charge is 2.73. The van der Waals surface area contributed by atoms with Gasteiger partial charge in [0.05, 0.1) is 22.2 Å². The Morgan fingerprint density at radius 2 is 1.97 bits per heavy atom. The van der Waals surface area contributed by atoms with Gasteiger partial charge in [0.25, 0.3) is 0 Å². The standard InChI is InChI=1S/C30H32N2O3/c1-16-4-7-18-3-2-11-32-25(18)23(16)20-14-30(34)22-13-19-8-9-21(33)27-24(19)29(30,28(35-27)26(20)32)10-12-31(22)15-17-5-6-17/h4,7-9,17,22,28,33-34H,2-3,5-6,10-15H2,1H3/t22-,28+,29+,30-/m1/s1. The van der Waals surface area contributed by atoms with Crippen LogP contribution in [0.4, 0.5) is 0 Å². The smallest absolute Gasteiger partial charge is 0.166 e. The van der Waals surface area contributed by atoms with Gasteiger partial charge in [-0.3, -0.25) is 4.90 Å². The van der Waals surface area contributed by atoms with Gasteiger partial charge in [0, 0.05) is 36.5 Å². The summed E-state index contributed by atoms with van der Waals surface area (Å²) in [6.45, 7) is 5.33. The fourth-order valence-electron chi connectivity index (χ4n) is 9.10. The first-order valence-electron chi connectivity index (χ1n) is 13.6. The van der Waals surface area contributed by atoms with E-state index < -0.39 is 11.0 Å². The van der Waals surface area contributed by atoms with Crippen molar-refractivity contribution < 1.29 is 14.9 Å². The third-order valence-corrected chi connectivity index (χ3v) is 10.7. The SMILES string of the molecule is Cc1ccc2c3c1c1c(n3CCC2)[C@@H]2Oc3c(O)ccc4c3[C@@]23CCN(CC2CC2)[C@H](C4)[C@]3(O)C1. The Bertz CT molecular complexity index is 1470. The molecule has 2 bridgehead atoms. The second-order valence-electron chi connectivity index (χ2n) is 12.3. The molecule has 3 aliphatic carbocycles. The van der Waals surface area contributed by atoms with Gasteiger partial charge in [-0.1, -0.05) is 18.2 Å². The van der Waals surface area contributed by atoms with Crippen LogP contribution in [0.25, 0.3) is 10.9 Å². The molecule has 5 heteroatoms. The number of rotatable bonds is 2. The molecule has 0 amide bonds. The Hall–Kier alpha value is -2.50. The first-order chi connectivity index (χ1) is 17.0. The van der Waals surface area contributed by atoms with E-state index in [-0.39, 0.29) is 17.9 Å². The van der Waals surface area contributed by atoms with E-state index in [4.69, 9.17) is 4.74 Å². The normalized spacial score (nSPS) is 34.0. The Balaban J connectivity index is 1.37. The van der Waals surface area contributed by atoms with Crippen molar-refractivity contribution >= 4 is 10.9 Å². The Morgan fingerprint density at radius 3 is 2.83 bits per heavy atom. The van der Waals surface area contributed by atoms with Crippen LogP contribution in [0.2, 0.25) is 0 Å². The van der Waals surface area contributed by atoms with Crippen LogP contribution in [-0.2, 0) is 31.2 Å². The average Bonchev–Trinajstić information content (AvgIpc) is 3.50. The maximum atomic E-state index is 13.1. The van der Waals surface area contributed by atoms with Crippen molar-refractivity contribution in [3.05, 3.63) is 57.8 Å². The van der Waals surface area contributed by atoms with Gasteiger partial charge in [-0.2, -0.15) is 0 Å². The molecule has 2 N–H and O–H groups in total. The molecular formula is C30H32N2O3. The maximum absolute atomic E-state index is 13.1. The summed E-state index contributed by atoms with van der Waals surface area (Å²) in [4.78, 5) is 2.62. The molecule has 180 valence electrons. The molecule has 5 nitrogen and oxygen atoms in total. The first-order valence-corrected chi connectivity index (χ1v) is 13.6. The van der Waals surface area contributed by atoms with Crippen molar-refractivity contribution in [1.29, 1.82) is 0 Å². The lowest BCUT2D eigenvalue weighted by molar-refractivity contribution is -0.173. The van der Waals surface area contributed by atoms with E-state index in [0.717, 1.165) is 56.8 Å². The number of benzene rings is 2. The number of fused-ring (bicyclic) bond motifs is 4. The molecule has 35 heavy (non-hydrogen) atoms. The topological polar surface area (TPSA) is 57.9 Å². The van der Waals surface area contributed by atoms with Crippen molar-refractivity contribution in [3.8, 4) is 11.5 Å². The van der Waals surface area contributed by atoms with Crippen molar-refractivity contribution in [2.24, 2.45) is 5.92 Å². The molecule has 2 aromatic carbocycles. The average molecular weight is 469 g/mol. The number of nitrogens with zero attached hydrogens (tertiary/aromatic N) is 2. The van der Waals surface area contributed by atoms with Crippen LogP contribution >= 0.6 is 0 Å². The summed E-state index contributed by atoms with van der Waals surface area (Å²) in [7, 11) is 0. The van der Waals surface area contributed by atoms with Crippen LogP contribution in [0, 0.1) is 12.8 Å².